The summed E-state index contributed by atoms with van der Waals surface area (Å²) in [5.41, 5.74) is 1.52. The summed E-state index contributed by atoms with van der Waals surface area (Å²) in [4.78, 5) is 30.0. The first-order chi connectivity index (χ1) is 13.6. The molecule has 1 atom stereocenters. The number of furan rings is 1. The maximum Gasteiger partial charge on any atom is 0.325 e. The molecule has 7 nitrogen and oxygen atoms in total. The molecular weight excluding hydrogens is 376 g/mol. The maximum absolute atomic E-state index is 12.9. The Labute approximate surface area is 165 Å². The van der Waals surface area contributed by atoms with Gasteiger partial charge in [-0.05, 0) is 40.8 Å². The highest BCUT2D eigenvalue weighted by atomic mass is 32.2. The first-order valence-electron chi connectivity index (χ1n) is 8.90. The van der Waals surface area contributed by atoms with Gasteiger partial charge in [0.05, 0.1) is 17.5 Å². The number of benzene rings is 1. The van der Waals surface area contributed by atoms with E-state index in [1.807, 2.05) is 43.3 Å². The average Bonchev–Trinajstić information content (AvgIpc) is 3.19. The summed E-state index contributed by atoms with van der Waals surface area (Å²) >= 11 is 1.44. The highest BCUT2D eigenvalue weighted by Gasteiger charge is 2.42. The van der Waals surface area contributed by atoms with Gasteiger partial charge < -0.3 is 4.42 Å². The Balaban J connectivity index is 1.96. The summed E-state index contributed by atoms with van der Waals surface area (Å²) in [5.74, 6) is 1.27. The second-order valence-electron chi connectivity index (χ2n) is 6.18. The number of hydrogen-bond donors (Lipinski definition) is 1. The molecule has 0 bridgehead atoms. The van der Waals surface area contributed by atoms with Gasteiger partial charge in [0.1, 0.15) is 5.76 Å². The van der Waals surface area contributed by atoms with Crippen molar-refractivity contribution in [1.29, 1.82) is 0 Å². The van der Waals surface area contributed by atoms with Crippen LogP contribution in [0.3, 0.4) is 0 Å². The molecule has 3 aromatic rings. The molecule has 0 unspecified atom stereocenters. The largest absolute Gasteiger partial charge is 0.465 e. The lowest BCUT2D eigenvalue weighted by Gasteiger charge is -2.29. The van der Waals surface area contributed by atoms with Crippen LogP contribution in [0, 0.1) is 0 Å². The summed E-state index contributed by atoms with van der Waals surface area (Å²) in [6.45, 7) is 3.49. The smallest absolute Gasteiger partial charge is 0.325 e. The van der Waals surface area contributed by atoms with Crippen LogP contribution in [0.4, 0.5) is 5.69 Å². The van der Waals surface area contributed by atoms with Crippen molar-refractivity contribution < 1.29 is 13.9 Å². The standard InChI is InChI=1S/C20H18N4O3S/c1-3-28-20-21-19(26)18-15-8-4-5-9-16(15)23(13(2)25)17(24(18)22-20)11-10-14-7-6-12-27-14/h4-12,17H,3H2,1-2H3/p+1/b11-10+/t17-/m1/s1. The first-order valence-corrected chi connectivity index (χ1v) is 9.88. The number of hydrogen-bond acceptors (Lipinski definition) is 5. The normalized spacial score (nSPS) is 15.5. The van der Waals surface area contributed by atoms with Crippen molar-refractivity contribution in [3.05, 3.63) is 64.9 Å². The van der Waals surface area contributed by atoms with E-state index in [0.717, 1.165) is 5.75 Å². The Morgan fingerprint density at radius 3 is 2.89 bits per heavy atom. The van der Waals surface area contributed by atoms with Crippen molar-refractivity contribution >= 4 is 29.4 Å². The van der Waals surface area contributed by atoms with Crippen LogP contribution in [0.2, 0.25) is 0 Å². The molecule has 2 aromatic heterocycles. The fraction of sp³-hybridized carbons (Fsp3) is 0.200. The van der Waals surface area contributed by atoms with Crippen LogP contribution in [0.25, 0.3) is 17.3 Å². The van der Waals surface area contributed by atoms with Gasteiger partial charge in [-0.2, -0.15) is 0 Å². The molecule has 1 aromatic carbocycles. The molecule has 0 aliphatic carbocycles. The number of fused-ring (bicyclic) bond motifs is 3. The molecule has 1 amide bonds. The number of amides is 1. The summed E-state index contributed by atoms with van der Waals surface area (Å²) in [5, 5.41) is 5.13. The molecule has 0 saturated heterocycles. The molecule has 142 valence electrons. The number of aromatic amines is 1. The predicted octanol–water partition coefficient (Wildman–Crippen LogP) is 3.01. The molecule has 0 fully saturated rings. The van der Waals surface area contributed by atoms with E-state index in [9.17, 15) is 9.59 Å². The Kier molecular flexibility index (Phi) is 4.87. The van der Waals surface area contributed by atoms with Gasteiger partial charge in [0.2, 0.25) is 11.1 Å². The molecule has 28 heavy (non-hydrogen) atoms. The molecule has 4 rings (SSSR count). The fourth-order valence-electron chi connectivity index (χ4n) is 3.30. The number of H-pyrrole nitrogens is 1. The fourth-order valence-corrected chi connectivity index (χ4v) is 3.88. The predicted molar refractivity (Wildman–Crippen MR) is 107 cm³/mol. The SMILES string of the molecule is CCSc1n[n+]2c(c(=O)[nH]1)-c1ccccc1N(C(C)=O)[C@H]2/C=C/c1ccco1. The minimum absolute atomic E-state index is 0.147. The van der Waals surface area contributed by atoms with E-state index in [2.05, 4.69) is 10.1 Å². The minimum Gasteiger partial charge on any atom is -0.465 e. The molecule has 1 aliphatic heterocycles. The number of aromatic nitrogens is 3. The maximum atomic E-state index is 12.9. The molecular formula is C20H19N4O3S+. The topological polar surface area (TPSA) is 83.1 Å². The molecule has 0 radical (unpaired) electrons. The van der Waals surface area contributed by atoms with Crippen LogP contribution >= 0.6 is 11.8 Å². The number of para-hydroxylation sites is 1. The van der Waals surface area contributed by atoms with Gasteiger partial charge in [-0.15, -0.1) is 0 Å². The van der Waals surface area contributed by atoms with Gasteiger partial charge >= 0.3 is 11.3 Å². The number of nitrogens with zero attached hydrogens (tertiary/aromatic N) is 3. The third-order valence-corrected chi connectivity index (χ3v) is 5.14. The molecule has 1 aliphatic rings. The Bertz CT molecular complexity index is 1100. The van der Waals surface area contributed by atoms with Crippen LogP contribution in [0.1, 0.15) is 25.8 Å². The van der Waals surface area contributed by atoms with Gasteiger partial charge in [-0.25, -0.2) is 4.90 Å². The van der Waals surface area contributed by atoms with Gasteiger partial charge in [0, 0.05) is 18.1 Å². The van der Waals surface area contributed by atoms with Crippen LogP contribution in [0.15, 0.2) is 63.1 Å². The Morgan fingerprint density at radius 1 is 1.36 bits per heavy atom. The number of thioether (sulfide) groups is 1. The number of nitrogens with one attached hydrogen (secondary N) is 1. The highest BCUT2D eigenvalue weighted by molar-refractivity contribution is 7.99. The van der Waals surface area contributed by atoms with Crippen molar-refractivity contribution in [2.75, 3.05) is 10.7 Å². The van der Waals surface area contributed by atoms with Crippen molar-refractivity contribution in [2.24, 2.45) is 0 Å². The minimum atomic E-state index is -0.592. The van der Waals surface area contributed by atoms with E-state index in [1.165, 1.54) is 18.7 Å². The monoisotopic (exact) mass is 395 g/mol. The van der Waals surface area contributed by atoms with Crippen LogP contribution in [0.5, 0.6) is 0 Å². The molecule has 0 spiro atoms. The third kappa shape index (κ3) is 3.16. The van der Waals surface area contributed by atoms with E-state index < -0.39 is 6.17 Å². The van der Waals surface area contributed by atoms with E-state index >= 15 is 0 Å². The average molecular weight is 395 g/mol. The van der Waals surface area contributed by atoms with E-state index in [-0.39, 0.29) is 11.5 Å². The van der Waals surface area contributed by atoms with E-state index in [0.29, 0.717) is 27.9 Å². The van der Waals surface area contributed by atoms with Crippen LogP contribution in [-0.2, 0) is 4.79 Å². The van der Waals surface area contributed by atoms with Gasteiger partial charge in [-0.3, -0.25) is 14.6 Å². The van der Waals surface area contributed by atoms with Crippen molar-refractivity contribution in [3.8, 4) is 11.3 Å². The number of carbonyl (C=O) groups is 1. The highest BCUT2D eigenvalue weighted by Crippen LogP contribution is 2.35. The van der Waals surface area contributed by atoms with Crippen LogP contribution < -0.4 is 15.1 Å². The van der Waals surface area contributed by atoms with Crippen molar-refractivity contribution in [1.82, 2.24) is 10.1 Å². The van der Waals surface area contributed by atoms with Gasteiger partial charge in [0.15, 0.2) is 0 Å². The third-order valence-electron chi connectivity index (χ3n) is 4.39. The van der Waals surface area contributed by atoms with Crippen molar-refractivity contribution in [3.63, 3.8) is 0 Å². The molecule has 1 N–H and O–H groups in total. The second kappa shape index (κ2) is 7.47. The zero-order valence-corrected chi connectivity index (χ0v) is 16.3. The lowest BCUT2D eigenvalue weighted by molar-refractivity contribution is -0.761. The molecule has 8 heteroatoms. The summed E-state index contributed by atoms with van der Waals surface area (Å²) < 4.78 is 6.98. The summed E-state index contributed by atoms with van der Waals surface area (Å²) in [6.07, 6.45) is 4.58. The summed E-state index contributed by atoms with van der Waals surface area (Å²) in [7, 11) is 0. The first kappa shape index (κ1) is 18.2. The molecule has 3 heterocycles. The number of carbonyl (C=O) groups excluding carboxylic acids is 1. The van der Waals surface area contributed by atoms with Crippen LogP contribution in [-0.4, -0.2) is 21.7 Å². The van der Waals surface area contributed by atoms with E-state index in [1.54, 1.807) is 28.0 Å². The van der Waals surface area contributed by atoms with Crippen molar-refractivity contribution in [2.45, 2.75) is 25.2 Å². The van der Waals surface area contributed by atoms with E-state index in [4.69, 9.17) is 4.42 Å². The van der Waals surface area contributed by atoms with Gasteiger partial charge in [0.25, 0.3) is 6.17 Å². The number of rotatable bonds is 4. The second-order valence-corrected chi connectivity index (χ2v) is 7.43. The molecule has 0 saturated carbocycles. The number of anilines is 1. The quantitative estimate of drug-likeness (QED) is 0.542. The Morgan fingerprint density at radius 2 is 2.18 bits per heavy atom. The summed E-state index contributed by atoms with van der Waals surface area (Å²) in [6, 6.07) is 11.0. The Hall–Kier alpha value is -3.13. The lowest BCUT2D eigenvalue weighted by atomic mass is 10.0. The lowest BCUT2D eigenvalue weighted by Crippen LogP contribution is -2.59. The van der Waals surface area contributed by atoms with Gasteiger partial charge in [-0.1, -0.05) is 30.8 Å². The zero-order valence-electron chi connectivity index (χ0n) is 15.5. The zero-order chi connectivity index (χ0) is 19.7.